The lowest BCUT2D eigenvalue weighted by atomic mass is 10.2. The number of benzene rings is 1. The third-order valence-corrected chi connectivity index (χ3v) is 4.43. The zero-order valence-corrected chi connectivity index (χ0v) is 16.4. The molecular weight excluding hydrogens is 409 g/mol. The van der Waals surface area contributed by atoms with Crippen LogP contribution in [0.1, 0.15) is 18.9 Å². The lowest BCUT2D eigenvalue weighted by Crippen LogP contribution is -2.40. The lowest BCUT2D eigenvalue weighted by molar-refractivity contribution is 0.188. The number of hydrogen-bond acceptors (Lipinski definition) is 3. The van der Waals surface area contributed by atoms with E-state index in [4.69, 9.17) is 0 Å². The van der Waals surface area contributed by atoms with E-state index in [0.717, 1.165) is 37.8 Å². The third kappa shape index (κ3) is 6.34. The SMILES string of the molecule is CCNC(=NCCSc1ccc(C)cc1)N1CC[C@@H](O)C1.I. The van der Waals surface area contributed by atoms with Crippen LogP contribution in [0.4, 0.5) is 0 Å². The van der Waals surface area contributed by atoms with Gasteiger partial charge in [-0.15, -0.1) is 35.7 Å². The van der Waals surface area contributed by atoms with E-state index in [2.05, 4.69) is 53.3 Å². The summed E-state index contributed by atoms with van der Waals surface area (Å²) in [6, 6.07) is 8.60. The molecule has 0 amide bonds. The first-order valence-electron chi connectivity index (χ1n) is 7.60. The molecule has 0 bridgehead atoms. The van der Waals surface area contributed by atoms with Crippen molar-refractivity contribution in [1.82, 2.24) is 10.2 Å². The molecule has 1 aromatic rings. The molecule has 1 fully saturated rings. The molecule has 1 heterocycles. The fraction of sp³-hybridized carbons (Fsp3) is 0.562. The van der Waals surface area contributed by atoms with Gasteiger partial charge in [0.05, 0.1) is 12.6 Å². The van der Waals surface area contributed by atoms with E-state index < -0.39 is 0 Å². The summed E-state index contributed by atoms with van der Waals surface area (Å²) in [5.74, 6) is 1.90. The summed E-state index contributed by atoms with van der Waals surface area (Å²) in [5.41, 5.74) is 1.29. The fourth-order valence-electron chi connectivity index (χ4n) is 2.31. The van der Waals surface area contributed by atoms with Gasteiger partial charge in [0.2, 0.25) is 0 Å². The predicted molar refractivity (Wildman–Crippen MR) is 105 cm³/mol. The lowest BCUT2D eigenvalue weighted by Gasteiger charge is -2.20. The van der Waals surface area contributed by atoms with Crippen LogP contribution in [0.15, 0.2) is 34.2 Å². The summed E-state index contributed by atoms with van der Waals surface area (Å²) in [5, 5.41) is 12.9. The van der Waals surface area contributed by atoms with Crippen molar-refractivity contribution in [1.29, 1.82) is 0 Å². The number of aryl methyl sites for hydroxylation is 1. The molecule has 1 aromatic carbocycles. The molecule has 0 aromatic heterocycles. The largest absolute Gasteiger partial charge is 0.391 e. The molecule has 0 radical (unpaired) electrons. The molecule has 0 unspecified atom stereocenters. The molecule has 0 aliphatic carbocycles. The number of likely N-dealkylation sites (tertiary alicyclic amines) is 1. The van der Waals surface area contributed by atoms with Gasteiger partial charge in [-0.25, -0.2) is 0 Å². The van der Waals surface area contributed by atoms with Crippen molar-refractivity contribution in [2.75, 3.05) is 31.9 Å². The minimum Gasteiger partial charge on any atom is -0.391 e. The normalized spacial score (nSPS) is 18.2. The molecule has 4 nitrogen and oxygen atoms in total. The molecule has 2 rings (SSSR count). The first-order chi connectivity index (χ1) is 10.2. The second-order valence-corrected chi connectivity index (χ2v) is 6.45. The summed E-state index contributed by atoms with van der Waals surface area (Å²) >= 11 is 1.83. The first kappa shape index (κ1) is 19.6. The maximum atomic E-state index is 9.63. The number of halogens is 1. The molecule has 124 valence electrons. The Hall–Kier alpha value is -0.470. The maximum Gasteiger partial charge on any atom is 0.194 e. The minimum absolute atomic E-state index is 0. The minimum atomic E-state index is -0.212. The van der Waals surface area contributed by atoms with Crippen molar-refractivity contribution < 1.29 is 5.11 Å². The number of β-amino-alcohol motifs (C(OH)–C–C–N with tert-alkyl or cyclic N) is 1. The Morgan fingerprint density at radius 2 is 2.14 bits per heavy atom. The van der Waals surface area contributed by atoms with Crippen LogP contribution in [0.2, 0.25) is 0 Å². The number of guanidine groups is 1. The number of aliphatic hydroxyl groups is 1. The van der Waals surface area contributed by atoms with Crippen LogP contribution in [0, 0.1) is 6.92 Å². The van der Waals surface area contributed by atoms with E-state index in [-0.39, 0.29) is 30.1 Å². The number of nitrogens with one attached hydrogen (secondary N) is 1. The highest BCUT2D eigenvalue weighted by Gasteiger charge is 2.22. The van der Waals surface area contributed by atoms with Gasteiger partial charge >= 0.3 is 0 Å². The zero-order valence-electron chi connectivity index (χ0n) is 13.3. The standard InChI is InChI=1S/C16H25N3OS.HI/c1-3-17-16(19-10-8-14(20)12-19)18-9-11-21-15-6-4-13(2)5-7-15;/h4-7,14,20H,3,8-12H2,1-2H3,(H,17,18);1H/t14-;/m1./s1. The fourth-order valence-corrected chi connectivity index (χ4v) is 3.06. The summed E-state index contributed by atoms with van der Waals surface area (Å²) in [6.07, 6.45) is 0.624. The highest BCUT2D eigenvalue weighted by Crippen LogP contribution is 2.18. The van der Waals surface area contributed by atoms with Gasteiger partial charge in [0, 0.05) is 30.3 Å². The Morgan fingerprint density at radius 3 is 2.73 bits per heavy atom. The maximum absolute atomic E-state index is 9.63. The smallest absolute Gasteiger partial charge is 0.194 e. The second kappa shape index (κ2) is 10.3. The molecule has 1 aliphatic rings. The quantitative estimate of drug-likeness (QED) is 0.246. The average Bonchev–Trinajstić information content (AvgIpc) is 2.91. The van der Waals surface area contributed by atoms with Gasteiger partial charge in [0.25, 0.3) is 0 Å². The van der Waals surface area contributed by atoms with Gasteiger partial charge in [-0.2, -0.15) is 0 Å². The van der Waals surface area contributed by atoms with Gasteiger partial charge in [-0.05, 0) is 32.4 Å². The van der Waals surface area contributed by atoms with Crippen molar-refractivity contribution >= 4 is 41.7 Å². The molecule has 2 N–H and O–H groups in total. The number of thioether (sulfide) groups is 1. The van der Waals surface area contributed by atoms with E-state index in [1.165, 1.54) is 10.5 Å². The van der Waals surface area contributed by atoms with Gasteiger partial charge in [-0.1, -0.05) is 17.7 Å². The van der Waals surface area contributed by atoms with Crippen LogP contribution in [0.5, 0.6) is 0 Å². The molecule has 6 heteroatoms. The molecule has 0 spiro atoms. The zero-order chi connectivity index (χ0) is 15.1. The van der Waals surface area contributed by atoms with Crippen LogP contribution >= 0.6 is 35.7 Å². The van der Waals surface area contributed by atoms with Gasteiger partial charge in [0.15, 0.2) is 5.96 Å². The van der Waals surface area contributed by atoms with Gasteiger partial charge in [-0.3, -0.25) is 4.99 Å². The number of aliphatic imine (C=N–C) groups is 1. The number of nitrogens with zero attached hydrogens (tertiary/aromatic N) is 2. The predicted octanol–water partition coefficient (Wildman–Crippen LogP) is 2.74. The Labute approximate surface area is 154 Å². The monoisotopic (exact) mass is 435 g/mol. The van der Waals surface area contributed by atoms with Crippen molar-refractivity contribution in [3.63, 3.8) is 0 Å². The van der Waals surface area contributed by atoms with E-state index >= 15 is 0 Å². The highest BCUT2D eigenvalue weighted by atomic mass is 127. The van der Waals surface area contributed by atoms with Crippen molar-refractivity contribution in [3.8, 4) is 0 Å². The average molecular weight is 435 g/mol. The van der Waals surface area contributed by atoms with Crippen LogP contribution in [-0.2, 0) is 0 Å². The topological polar surface area (TPSA) is 47.9 Å². The Kier molecular flexibility index (Phi) is 9.19. The van der Waals surface area contributed by atoms with E-state index in [0.29, 0.717) is 6.54 Å². The first-order valence-corrected chi connectivity index (χ1v) is 8.58. The Bertz CT molecular complexity index is 467. The Morgan fingerprint density at radius 1 is 1.41 bits per heavy atom. The van der Waals surface area contributed by atoms with Crippen molar-refractivity contribution in [3.05, 3.63) is 29.8 Å². The van der Waals surface area contributed by atoms with E-state index in [1.807, 2.05) is 11.8 Å². The molecule has 1 atom stereocenters. The summed E-state index contributed by atoms with van der Waals surface area (Å²) in [6.45, 7) is 7.40. The van der Waals surface area contributed by atoms with Crippen LogP contribution in [-0.4, -0.2) is 54.0 Å². The molecular formula is C16H26IN3OS. The number of hydrogen-bond donors (Lipinski definition) is 2. The summed E-state index contributed by atoms with van der Waals surface area (Å²) < 4.78 is 0. The molecule has 1 aliphatic heterocycles. The van der Waals surface area contributed by atoms with Gasteiger partial charge in [0.1, 0.15) is 0 Å². The Balaban J connectivity index is 0.00000242. The molecule has 0 saturated carbocycles. The van der Waals surface area contributed by atoms with Crippen molar-refractivity contribution in [2.24, 2.45) is 4.99 Å². The van der Waals surface area contributed by atoms with Crippen LogP contribution in [0.3, 0.4) is 0 Å². The summed E-state index contributed by atoms with van der Waals surface area (Å²) in [7, 11) is 0. The highest BCUT2D eigenvalue weighted by molar-refractivity contribution is 14.0. The summed E-state index contributed by atoms with van der Waals surface area (Å²) in [4.78, 5) is 8.09. The molecule has 1 saturated heterocycles. The second-order valence-electron chi connectivity index (χ2n) is 5.29. The van der Waals surface area contributed by atoms with Crippen LogP contribution in [0.25, 0.3) is 0 Å². The molecule has 22 heavy (non-hydrogen) atoms. The van der Waals surface area contributed by atoms with Crippen LogP contribution < -0.4 is 5.32 Å². The van der Waals surface area contributed by atoms with E-state index in [9.17, 15) is 5.11 Å². The third-order valence-electron chi connectivity index (χ3n) is 3.44. The van der Waals surface area contributed by atoms with Gasteiger partial charge < -0.3 is 15.3 Å². The van der Waals surface area contributed by atoms with Crippen molar-refractivity contribution in [2.45, 2.75) is 31.3 Å². The number of aliphatic hydroxyl groups excluding tert-OH is 1. The van der Waals surface area contributed by atoms with E-state index in [1.54, 1.807) is 0 Å². The number of rotatable bonds is 5.